The molecule has 0 unspecified atom stereocenters. The summed E-state index contributed by atoms with van der Waals surface area (Å²) in [5.41, 5.74) is 3.44. The van der Waals surface area contributed by atoms with Gasteiger partial charge in [0.05, 0.1) is 30.0 Å². The van der Waals surface area contributed by atoms with Crippen LogP contribution in [0.5, 0.6) is 11.5 Å². The number of hydrazone groups is 1. The molecular formula is C26H28BrN3O5S. The zero-order chi connectivity index (χ0) is 26.0. The van der Waals surface area contributed by atoms with Crippen LogP contribution < -0.4 is 19.2 Å². The maximum absolute atomic E-state index is 13.3. The molecule has 0 aliphatic rings. The number of hydrogen-bond acceptors (Lipinski definition) is 6. The summed E-state index contributed by atoms with van der Waals surface area (Å²) in [5.74, 6) is 0.616. The Balaban J connectivity index is 1.77. The van der Waals surface area contributed by atoms with Gasteiger partial charge in [-0.05, 0) is 67.4 Å². The van der Waals surface area contributed by atoms with Gasteiger partial charge in [-0.3, -0.25) is 9.10 Å². The Hall–Kier alpha value is -3.37. The van der Waals surface area contributed by atoms with Crippen LogP contribution in [0.1, 0.15) is 25.8 Å². The number of ether oxygens (including phenoxy) is 2. The van der Waals surface area contributed by atoms with Gasteiger partial charge in [0.15, 0.2) is 11.5 Å². The second-order valence-electron chi connectivity index (χ2n) is 7.59. The van der Waals surface area contributed by atoms with Gasteiger partial charge in [-0.1, -0.05) is 47.1 Å². The Kier molecular flexibility index (Phi) is 9.89. The molecule has 1 N–H and O–H groups in total. The molecule has 0 saturated heterocycles. The van der Waals surface area contributed by atoms with E-state index in [9.17, 15) is 13.2 Å². The molecule has 0 heterocycles. The first-order valence-corrected chi connectivity index (χ1v) is 13.6. The van der Waals surface area contributed by atoms with Crippen LogP contribution in [-0.2, 0) is 14.8 Å². The number of amides is 1. The van der Waals surface area contributed by atoms with Crippen molar-refractivity contribution in [3.8, 4) is 11.5 Å². The van der Waals surface area contributed by atoms with E-state index in [1.807, 2.05) is 13.8 Å². The highest BCUT2D eigenvalue weighted by Gasteiger charge is 2.27. The average Bonchev–Trinajstić information content (AvgIpc) is 2.87. The number of hydrogen-bond donors (Lipinski definition) is 1. The van der Waals surface area contributed by atoms with Gasteiger partial charge in [0.1, 0.15) is 6.54 Å². The fraction of sp³-hybridized carbons (Fsp3) is 0.231. The van der Waals surface area contributed by atoms with E-state index in [-0.39, 0.29) is 4.90 Å². The molecule has 0 radical (unpaired) electrons. The lowest BCUT2D eigenvalue weighted by atomic mass is 10.2. The quantitative estimate of drug-likeness (QED) is 0.243. The first kappa shape index (κ1) is 27.2. The monoisotopic (exact) mass is 573 g/mol. The minimum Gasteiger partial charge on any atom is -0.490 e. The molecule has 0 saturated carbocycles. The van der Waals surface area contributed by atoms with Crippen molar-refractivity contribution < 1.29 is 22.7 Å². The molecule has 3 aromatic rings. The number of sulfonamides is 1. The third kappa shape index (κ3) is 7.32. The van der Waals surface area contributed by atoms with Crippen LogP contribution in [0.25, 0.3) is 0 Å². The van der Waals surface area contributed by atoms with Gasteiger partial charge in [-0.2, -0.15) is 5.10 Å². The predicted octanol–water partition coefficient (Wildman–Crippen LogP) is 4.98. The van der Waals surface area contributed by atoms with Gasteiger partial charge in [-0.25, -0.2) is 13.8 Å². The minimum absolute atomic E-state index is 0.0788. The molecule has 0 fully saturated rings. The van der Waals surface area contributed by atoms with Crippen LogP contribution >= 0.6 is 15.9 Å². The first-order valence-electron chi connectivity index (χ1n) is 11.4. The number of rotatable bonds is 12. The van der Waals surface area contributed by atoms with Gasteiger partial charge in [0.2, 0.25) is 0 Å². The molecule has 10 heteroatoms. The van der Waals surface area contributed by atoms with Crippen LogP contribution in [-0.4, -0.2) is 40.3 Å². The van der Waals surface area contributed by atoms with E-state index in [0.29, 0.717) is 40.4 Å². The highest BCUT2D eigenvalue weighted by atomic mass is 79.9. The molecule has 0 spiro atoms. The Morgan fingerprint density at radius 3 is 2.47 bits per heavy atom. The van der Waals surface area contributed by atoms with Gasteiger partial charge in [-0.15, -0.1) is 0 Å². The fourth-order valence-electron chi connectivity index (χ4n) is 3.22. The number of benzene rings is 3. The topological polar surface area (TPSA) is 97.3 Å². The molecule has 0 bridgehead atoms. The van der Waals surface area contributed by atoms with Crippen molar-refractivity contribution in [1.29, 1.82) is 0 Å². The Bertz CT molecular complexity index is 1300. The molecular weight excluding hydrogens is 546 g/mol. The number of anilines is 1. The summed E-state index contributed by atoms with van der Waals surface area (Å²) in [5, 5.41) is 4.00. The molecule has 0 aromatic heterocycles. The lowest BCUT2D eigenvalue weighted by molar-refractivity contribution is -0.119. The summed E-state index contributed by atoms with van der Waals surface area (Å²) in [6.07, 6.45) is 2.33. The van der Waals surface area contributed by atoms with Crippen molar-refractivity contribution in [2.24, 2.45) is 5.10 Å². The SMILES string of the molecule is CCCOc1ccc(/C=N/NC(=O)CN(c2cccc(Br)c2)S(=O)(=O)c2ccccc2)cc1OCC. The molecule has 0 aliphatic carbocycles. The van der Waals surface area contributed by atoms with E-state index in [1.54, 1.807) is 60.7 Å². The minimum atomic E-state index is -4.00. The van der Waals surface area contributed by atoms with Gasteiger partial charge in [0.25, 0.3) is 15.9 Å². The number of carbonyl (C=O) groups excluding carboxylic acids is 1. The van der Waals surface area contributed by atoms with Crippen molar-refractivity contribution in [2.45, 2.75) is 25.2 Å². The summed E-state index contributed by atoms with van der Waals surface area (Å²) in [4.78, 5) is 12.8. The van der Waals surface area contributed by atoms with Crippen molar-refractivity contribution in [1.82, 2.24) is 5.43 Å². The normalized spacial score (nSPS) is 11.3. The molecule has 0 aliphatic heterocycles. The molecule has 0 atom stereocenters. The summed E-state index contributed by atoms with van der Waals surface area (Å²) in [6.45, 7) is 4.49. The highest BCUT2D eigenvalue weighted by Crippen LogP contribution is 2.28. The zero-order valence-corrected chi connectivity index (χ0v) is 22.5. The highest BCUT2D eigenvalue weighted by molar-refractivity contribution is 9.10. The third-order valence-electron chi connectivity index (χ3n) is 4.85. The molecule has 3 rings (SSSR count). The smallest absolute Gasteiger partial charge is 0.264 e. The summed E-state index contributed by atoms with van der Waals surface area (Å²) >= 11 is 3.36. The third-order valence-corrected chi connectivity index (χ3v) is 7.13. The molecule has 8 nitrogen and oxygen atoms in total. The van der Waals surface area contributed by atoms with Crippen LogP contribution in [0.2, 0.25) is 0 Å². The average molecular weight is 574 g/mol. The molecule has 190 valence electrons. The van der Waals surface area contributed by atoms with Crippen LogP contribution in [0.15, 0.2) is 87.3 Å². The fourth-order valence-corrected chi connectivity index (χ4v) is 5.04. The lowest BCUT2D eigenvalue weighted by Gasteiger charge is -2.23. The van der Waals surface area contributed by atoms with E-state index < -0.39 is 22.5 Å². The second kappa shape index (κ2) is 13.1. The predicted molar refractivity (Wildman–Crippen MR) is 144 cm³/mol. The van der Waals surface area contributed by atoms with Gasteiger partial charge < -0.3 is 9.47 Å². The van der Waals surface area contributed by atoms with Gasteiger partial charge >= 0.3 is 0 Å². The summed E-state index contributed by atoms with van der Waals surface area (Å²) in [6, 6.07) is 20.0. The largest absolute Gasteiger partial charge is 0.490 e. The first-order chi connectivity index (χ1) is 17.3. The standard InChI is InChI=1S/C26H28BrN3O5S/c1-3-15-35-24-14-13-20(16-25(24)34-4-2)18-28-29-26(31)19-30(22-10-8-9-21(27)17-22)36(32,33)23-11-6-5-7-12-23/h5-14,16-18H,3-4,15,19H2,1-2H3,(H,29,31)/b28-18+. The van der Waals surface area contributed by atoms with Crippen LogP contribution in [0, 0.1) is 0 Å². The van der Waals surface area contributed by atoms with Crippen molar-refractivity contribution in [3.63, 3.8) is 0 Å². The zero-order valence-electron chi connectivity index (χ0n) is 20.1. The van der Waals surface area contributed by atoms with E-state index in [4.69, 9.17) is 9.47 Å². The van der Waals surface area contributed by atoms with Crippen molar-refractivity contribution in [2.75, 3.05) is 24.1 Å². The number of nitrogens with zero attached hydrogens (tertiary/aromatic N) is 2. The Morgan fingerprint density at radius 1 is 1.00 bits per heavy atom. The van der Waals surface area contributed by atoms with Crippen molar-refractivity contribution >= 4 is 43.8 Å². The maximum atomic E-state index is 13.3. The van der Waals surface area contributed by atoms with E-state index >= 15 is 0 Å². The maximum Gasteiger partial charge on any atom is 0.264 e. The second-order valence-corrected chi connectivity index (χ2v) is 10.4. The Labute approximate surface area is 220 Å². The Morgan fingerprint density at radius 2 is 1.78 bits per heavy atom. The molecule has 3 aromatic carbocycles. The lowest BCUT2D eigenvalue weighted by Crippen LogP contribution is -2.39. The molecule has 36 heavy (non-hydrogen) atoms. The van der Waals surface area contributed by atoms with Crippen molar-refractivity contribution in [3.05, 3.63) is 82.8 Å². The van der Waals surface area contributed by atoms with Gasteiger partial charge in [0, 0.05) is 4.47 Å². The number of nitrogens with one attached hydrogen (secondary N) is 1. The van der Waals surface area contributed by atoms with Crippen LogP contribution in [0.3, 0.4) is 0 Å². The van der Waals surface area contributed by atoms with E-state index in [2.05, 4.69) is 26.5 Å². The summed E-state index contributed by atoms with van der Waals surface area (Å²) < 4.78 is 39.8. The summed E-state index contributed by atoms with van der Waals surface area (Å²) in [7, 11) is -4.00. The number of carbonyl (C=O) groups is 1. The van der Waals surface area contributed by atoms with Crippen LogP contribution in [0.4, 0.5) is 5.69 Å². The van der Waals surface area contributed by atoms with E-state index in [0.717, 1.165) is 10.7 Å². The number of halogens is 1. The molecule has 1 amide bonds. The van der Waals surface area contributed by atoms with E-state index in [1.165, 1.54) is 18.3 Å².